The van der Waals surface area contributed by atoms with E-state index in [2.05, 4.69) is 173 Å². The van der Waals surface area contributed by atoms with Gasteiger partial charge in [0.1, 0.15) is 11.5 Å². The smallest absolute Gasteiger partial charge is 0.178 e. The molecule has 0 N–H and O–H groups in total. The van der Waals surface area contributed by atoms with Gasteiger partial charge < -0.3 is 9.47 Å². The van der Waals surface area contributed by atoms with E-state index in [4.69, 9.17) is 9.47 Å². The van der Waals surface area contributed by atoms with Crippen molar-refractivity contribution in [3.63, 3.8) is 0 Å². The largest absolute Gasteiger partial charge is 0.477 e. The van der Waals surface area contributed by atoms with E-state index in [9.17, 15) is 0 Å². The first-order chi connectivity index (χ1) is 22.4. The molecule has 0 saturated carbocycles. The zero-order chi connectivity index (χ0) is 31.5. The average Bonchev–Trinajstić information content (AvgIpc) is 3.44. The summed E-state index contributed by atoms with van der Waals surface area (Å²) in [6.45, 7) is 8.88. The highest BCUT2D eigenvalue weighted by Gasteiger charge is 2.64. The van der Waals surface area contributed by atoms with E-state index < -0.39 is 27.0 Å². The first-order valence-corrected chi connectivity index (χ1v) is 18.5. The number of aryl methyl sites for hydroxylation is 2. The van der Waals surface area contributed by atoms with Gasteiger partial charge in [0.2, 0.25) is 0 Å². The van der Waals surface area contributed by atoms with Crippen LogP contribution in [0.5, 0.6) is 11.5 Å². The molecule has 46 heavy (non-hydrogen) atoms. The highest BCUT2D eigenvalue weighted by molar-refractivity contribution is 7.80. The van der Waals surface area contributed by atoms with Gasteiger partial charge in [-0.1, -0.05) is 121 Å². The molecule has 226 valence electrons. The molecule has 0 saturated heterocycles. The summed E-state index contributed by atoms with van der Waals surface area (Å²) < 4.78 is 14.7. The van der Waals surface area contributed by atoms with E-state index in [-0.39, 0.29) is 0 Å². The van der Waals surface area contributed by atoms with Gasteiger partial charge in [0.15, 0.2) is 11.2 Å². The molecule has 0 fully saturated rings. The summed E-state index contributed by atoms with van der Waals surface area (Å²) in [7, 11) is -1.71. The van der Waals surface area contributed by atoms with Crippen LogP contribution in [0.2, 0.25) is 0 Å². The van der Waals surface area contributed by atoms with Crippen molar-refractivity contribution in [2.24, 2.45) is 0 Å². The summed E-state index contributed by atoms with van der Waals surface area (Å²) in [5, 5.41) is 7.72. The van der Waals surface area contributed by atoms with Crippen molar-refractivity contribution < 1.29 is 9.47 Å². The van der Waals surface area contributed by atoms with Gasteiger partial charge in [-0.25, -0.2) is 0 Å². The van der Waals surface area contributed by atoms with Gasteiger partial charge in [0.25, 0.3) is 0 Å². The van der Waals surface area contributed by atoms with Crippen molar-refractivity contribution in [3.8, 4) is 11.5 Å². The highest BCUT2D eigenvalue weighted by Crippen LogP contribution is 2.63. The van der Waals surface area contributed by atoms with Crippen molar-refractivity contribution in [2.75, 3.05) is 0 Å². The fourth-order valence-electron chi connectivity index (χ4n) is 7.15. The lowest BCUT2D eigenvalue weighted by molar-refractivity contribution is -0.0465. The Morgan fingerprint density at radius 1 is 0.413 bits per heavy atom. The Hall–Kier alpha value is -4.22. The summed E-state index contributed by atoms with van der Waals surface area (Å²) in [6.07, 6.45) is 0. The van der Waals surface area contributed by atoms with Gasteiger partial charge >= 0.3 is 0 Å². The van der Waals surface area contributed by atoms with Crippen molar-refractivity contribution in [3.05, 3.63) is 168 Å². The third-order valence-electron chi connectivity index (χ3n) is 9.52. The van der Waals surface area contributed by atoms with Crippen LogP contribution in [0, 0.1) is 13.8 Å². The molecule has 2 aliphatic heterocycles. The molecule has 0 bridgehead atoms. The van der Waals surface area contributed by atoms with Gasteiger partial charge in [-0.3, -0.25) is 0 Å². The highest BCUT2D eigenvalue weighted by atomic mass is 31.1. The molecule has 2 aliphatic rings. The van der Waals surface area contributed by atoms with Gasteiger partial charge in [-0.15, -0.1) is 0 Å². The summed E-state index contributed by atoms with van der Waals surface area (Å²) in [6, 6.07) is 52.8. The van der Waals surface area contributed by atoms with E-state index in [1.54, 1.807) is 0 Å². The monoisotopic (exact) mass is 634 g/mol. The van der Waals surface area contributed by atoms with E-state index in [1.807, 2.05) is 0 Å². The Kier molecular flexibility index (Phi) is 7.13. The van der Waals surface area contributed by atoms with Crippen LogP contribution >= 0.6 is 15.8 Å². The standard InChI is InChI=1S/C42H36O2P2/c1-29-25-35-39(37(27-29)45(31-17-9-5-10-18-31)32-19-11-6-12-20-32)43-42(4)36-26-30(2)28-38(40(36)44-41(35,42)3)46(33-21-13-7-14-22-33)34-23-15-8-16-24-34/h5-28H,1-4H3. The lowest BCUT2D eigenvalue weighted by Crippen LogP contribution is -2.43. The zero-order valence-electron chi connectivity index (χ0n) is 26.6. The molecule has 2 heterocycles. The fraction of sp³-hybridized carbons (Fsp3) is 0.143. The number of fused-ring (bicyclic) bond motifs is 5. The van der Waals surface area contributed by atoms with Crippen LogP contribution in [0.25, 0.3) is 0 Å². The Morgan fingerprint density at radius 2 is 0.696 bits per heavy atom. The normalized spacial score (nSPS) is 19.3. The van der Waals surface area contributed by atoms with Gasteiger partial charge in [0.05, 0.1) is 0 Å². The van der Waals surface area contributed by atoms with Crippen LogP contribution in [0.3, 0.4) is 0 Å². The molecule has 2 unspecified atom stereocenters. The van der Waals surface area contributed by atoms with Crippen molar-refractivity contribution in [1.29, 1.82) is 0 Å². The second kappa shape index (κ2) is 11.2. The molecule has 6 aromatic carbocycles. The van der Waals surface area contributed by atoms with Crippen LogP contribution in [-0.4, -0.2) is 0 Å². The van der Waals surface area contributed by atoms with Crippen molar-refractivity contribution in [1.82, 2.24) is 0 Å². The molecular weight excluding hydrogens is 598 g/mol. The van der Waals surface area contributed by atoms with Crippen LogP contribution in [-0.2, 0) is 11.2 Å². The van der Waals surface area contributed by atoms with Crippen LogP contribution in [0.4, 0.5) is 0 Å². The Morgan fingerprint density at radius 3 is 0.978 bits per heavy atom. The lowest BCUT2D eigenvalue weighted by Gasteiger charge is -2.31. The van der Waals surface area contributed by atoms with Crippen LogP contribution in [0.1, 0.15) is 36.1 Å². The van der Waals surface area contributed by atoms with Crippen LogP contribution in [0.15, 0.2) is 146 Å². The van der Waals surface area contributed by atoms with E-state index in [1.165, 1.54) is 43.0 Å². The predicted molar refractivity (Wildman–Crippen MR) is 196 cm³/mol. The predicted octanol–water partition coefficient (Wildman–Crippen LogP) is 7.74. The lowest BCUT2D eigenvalue weighted by atomic mass is 9.79. The average molecular weight is 635 g/mol. The van der Waals surface area contributed by atoms with Gasteiger partial charge in [0, 0.05) is 21.7 Å². The maximum Gasteiger partial charge on any atom is 0.178 e. The number of rotatable bonds is 6. The van der Waals surface area contributed by atoms with Crippen LogP contribution < -0.4 is 41.3 Å². The minimum atomic E-state index is -0.857. The summed E-state index contributed by atoms with van der Waals surface area (Å²) in [5.41, 5.74) is 3.30. The number of hydrogen-bond acceptors (Lipinski definition) is 2. The third kappa shape index (κ3) is 4.54. The van der Waals surface area contributed by atoms with E-state index >= 15 is 0 Å². The molecule has 2 atom stereocenters. The molecule has 8 rings (SSSR count). The summed E-state index contributed by atoms with van der Waals surface area (Å²) >= 11 is 0. The molecule has 6 aromatic rings. The van der Waals surface area contributed by atoms with E-state index in [0.29, 0.717) is 0 Å². The Labute approximate surface area is 274 Å². The molecular formula is C42H36O2P2. The number of ether oxygens (including phenoxy) is 2. The molecule has 0 spiro atoms. The maximum absolute atomic E-state index is 7.36. The Balaban J connectivity index is 1.32. The summed E-state index contributed by atoms with van der Waals surface area (Å²) in [5.74, 6) is 1.94. The number of benzene rings is 6. The molecule has 0 radical (unpaired) electrons. The second-order valence-electron chi connectivity index (χ2n) is 12.6. The summed E-state index contributed by atoms with van der Waals surface area (Å²) in [4.78, 5) is 0. The minimum Gasteiger partial charge on any atom is -0.477 e. The fourth-order valence-corrected chi connectivity index (χ4v) is 12.1. The Bertz CT molecular complexity index is 1820. The molecule has 4 heteroatoms. The number of hydrogen-bond donors (Lipinski definition) is 0. The SMILES string of the molecule is Cc1cc(P(c2ccccc2)c2ccccc2)c2c(c1)C1(C)Oc3c(P(c4ccccc4)c4ccccc4)cc(C)cc3C1(C)O2. The topological polar surface area (TPSA) is 18.5 Å². The minimum absolute atomic E-state index is 0.698. The first-order valence-electron chi connectivity index (χ1n) is 15.9. The van der Waals surface area contributed by atoms with Crippen molar-refractivity contribution in [2.45, 2.75) is 38.9 Å². The molecule has 0 aliphatic carbocycles. The maximum atomic E-state index is 7.36. The molecule has 0 aromatic heterocycles. The van der Waals surface area contributed by atoms with Gasteiger partial charge in [-0.2, -0.15) is 0 Å². The van der Waals surface area contributed by atoms with Crippen molar-refractivity contribution >= 4 is 47.7 Å². The molecule has 0 amide bonds. The first kappa shape index (κ1) is 29.2. The van der Waals surface area contributed by atoms with E-state index in [0.717, 1.165) is 22.6 Å². The third-order valence-corrected chi connectivity index (χ3v) is 14.4. The van der Waals surface area contributed by atoms with Gasteiger partial charge in [-0.05, 0) is 100 Å². The zero-order valence-corrected chi connectivity index (χ0v) is 28.4. The quantitative estimate of drug-likeness (QED) is 0.175. The molecule has 2 nitrogen and oxygen atoms in total. The second-order valence-corrected chi connectivity index (χ2v) is 17.0.